The fourth-order valence-electron chi connectivity index (χ4n) is 2.96. The van der Waals surface area contributed by atoms with Gasteiger partial charge in [0.05, 0.1) is 11.3 Å². The van der Waals surface area contributed by atoms with Crippen molar-refractivity contribution in [2.75, 3.05) is 0 Å². The quantitative estimate of drug-likeness (QED) is 0.735. The van der Waals surface area contributed by atoms with E-state index in [0.717, 1.165) is 0 Å². The lowest BCUT2D eigenvalue weighted by Gasteiger charge is -2.41. The molecule has 2 N–H and O–H groups in total. The summed E-state index contributed by atoms with van der Waals surface area (Å²) < 4.78 is 0. The van der Waals surface area contributed by atoms with Gasteiger partial charge in [0, 0.05) is 0 Å². The molecule has 0 radical (unpaired) electrons. The highest BCUT2D eigenvalue weighted by molar-refractivity contribution is 5.84. The van der Waals surface area contributed by atoms with Crippen molar-refractivity contribution in [2.24, 2.45) is 29.1 Å². The molecule has 0 aliphatic carbocycles. The zero-order chi connectivity index (χ0) is 14.7. The number of aliphatic carboxylic acids is 2. The zero-order valence-corrected chi connectivity index (χ0v) is 12.2. The van der Waals surface area contributed by atoms with E-state index in [9.17, 15) is 19.8 Å². The molecular weight excluding hydrogens is 232 g/mol. The number of hydrogen-bond acceptors (Lipinski definition) is 2. The molecule has 0 aromatic carbocycles. The molecule has 106 valence electrons. The van der Waals surface area contributed by atoms with Crippen LogP contribution in [0.15, 0.2) is 0 Å². The summed E-state index contributed by atoms with van der Waals surface area (Å²) in [6.45, 7) is 11.0. The summed E-state index contributed by atoms with van der Waals surface area (Å²) in [6, 6.07) is 0. The lowest BCUT2D eigenvalue weighted by atomic mass is 9.60. The van der Waals surface area contributed by atoms with Crippen LogP contribution in [0.2, 0.25) is 0 Å². The Kier molecular flexibility index (Phi) is 5.84. The Labute approximate surface area is 109 Å². The standard InChI is InChI=1S/C14H26O4/c1-8(2)7-14(10(5)6,13(17)18)11(9(3)4)12(15)16/h8-11H,7H2,1-6H3,(H,15,16)(H,17,18). The van der Waals surface area contributed by atoms with E-state index >= 15 is 0 Å². The summed E-state index contributed by atoms with van der Waals surface area (Å²) in [6.07, 6.45) is 0.384. The maximum Gasteiger partial charge on any atom is 0.310 e. The van der Waals surface area contributed by atoms with E-state index in [4.69, 9.17) is 0 Å². The first-order valence-electron chi connectivity index (χ1n) is 6.53. The number of hydrogen-bond donors (Lipinski definition) is 2. The van der Waals surface area contributed by atoms with Gasteiger partial charge in [-0.05, 0) is 24.2 Å². The van der Waals surface area contributed by atoms with E-state index in [-0.39, 0.29) is 17.8 Å². The Morgan fingerprint density at radius 3 is 1.61 bits per heavy atom. The number of carbonyl (C=O) groups is 2. The zero-order valence-electron chi connectivity index (χ0n) is 12.2. The Morgan fingerprint density at radius 2 is 1.44 bits per heavy atom. The third-order valence-electron chi connectivity index (χ3n) is 3.66. The average Bonchev–Trinajstić information content (AvgIpc) is 2.13. The summed E-state index contributed by atoms with van der Waals surface area (Å²) in [4.78, 5) is 23.3. The highest BCUT2D eigenvalue weighted by atomic mass is 16.4. The van der Waals surface area contributed by atoms with Crippen molar-refractivity contribution in [3.8, 4) is 0 Å². The molecule has 4 heteroatoms. The van der Waals surface area contributed by atoms with Crippen molar-refractivity contribution in [1.29, 1.82) is 0 Å². The molecule has 0 aromatic rings. The summed E-state index contributed by atoms with van der Waals surface area (Å²) >= 11 is 0. The third kappa shape index (κ3) is 3.24. The molecule has 0 rings (SSSR count). The van der Waals surface area contributed by atoms with Crippen molar-refractivity contribution in [2.45, 2.75) is 48.0 Å². The van der Waals surface area contributed by atoms with Gasteiger partial charge in [0.2, 0.25) is 0 Å². The first kappa shape index (κ1) is 16.9. The molecule has 2 atom stereocenters. The van der Waals surface area contributed by atoms with Crippen LogP contribution in [-0.4, -0.2) is 22.2 Å². The van der Waals surface area contributed by atoms with Crippen molar-refractivity contribution in [3.63, 3.8) is 0 Å². The SMILES string of the molecule is CC(C)CC(C(=O)O)(C(C)C)C(C(=O)O)C(C)C. The second kappa shape index (κ2) is 6.21. The van der Waals surface area contributed by atoms with E-state index < -0.39 is 23.3 Å². The van der Waals surface area contributed by atoms with Gasteiger partial charge in [-0.3, -0.25) is 9.59 Å². The number of carboxylic acid groups (broad SMARTS) is 2. The molecule has 0 heterocycles. The Bertz CT molecular complexity index is 307. The van der Waals surface area contributed by atoms with Crippen LogP contribution in [0.5, 0.6) is 0 Å². The van der Waals surface area contributed by atoms with Crippen LogP contribution < -0.4 is 0 Å². The maximum atomic E-state index is 11.8. The second-order valence-electron chi connectivity index (χ2n) is 6.16. The van der Waals surface area contributed by atoms with Gasteiger partial charge in [-0.1, -0.05) is 41.5 Å². The third-order valence-corrected chi connectivity index (χ3v) is 3.66. The van der Waals surface area contributed by atoms with Crippen LogP contribution in [0.25, 0.3) is 0 Å². The summed E-state index contributed by atoms with van der Waals surface area (Å²) in [7, 11) is 0. The van der Waals surface area contributed by atoms with E-state index in [1.54, 1.807) is 27.7 Å². The molecule has 0 saturated heterocycles. The number of carboxylic acids is 2. The first-order valence-corrected chi connectivity index (χ1v) is 6.53. The van der Waals surface area contributed by atoms with Gasteiger partial charge in [-0.25, -0.2) is 0 Å². The van der Waals surface area contributed by atoms with Crippen molar-refractivity contribution in [1.82, 2.24) is 0 Å². The molecular formula is C14H26O4. The lowest BCUT2D eigenvalue weighted by Crippen LogP contribution is -2.49. The minimum Gasteiger partial charge on any atom is -0.481 e. The van der Waals surface area contributed by atoms with Crippen LogP contribution in [-0.2, 0) is 9.59 Å². The topological polar surface area (TPSA) is 74.6 Å². The molecule has 0 aliphatic heterocycles. The summed E-state index contributed by atoms with van der Waals surface area (Å²) in [5.74, 6) is -3.16. The molecule has 18 heavy (non-hydrogen) atoms. The summed E-state index contributed by atoms with van der Waals surface area (Å²) in [5, 5.41) is 19.1. The minimum absolute atomic E-state index is 0.143. The molecule has 0 bridgehead atoms. The minimum atomic E-state index is -1.20. The van der Waals surface area contributed by atoms with E-state index in [1.807, 2.05) is 13.8 Å². The van der Waals surface area contributed by atoms with Crippen LogP contribution in [0.4, 0.5) is 0 Å². The van der Waals surface area contributed by atoms with Gasteiger partial charge in [-0.2, -0.15) is 0 Å². The average molecular weight is 258 g/mol. The normalized spacial score (nSPS) is 16.9. The molecule has 4 nitrogen and oxygen atoms in total. The van der Waals surface area contributed by atoms with Gasteiger partial charge in [0.1, 0.15) is 0 Å². The van der Waals surface area contributed by atoms with Crippen LogP contribution in [0.1, 0.15) is 48.0 Å². The fourth-order valence-corrected chi connectivity index (χ4v) is 2.96. The summed E-state index contributed by atoms with van der Waals surface area (Å²) in [5.41, 5.74) is -1.20. The molecule has 0 amide bonds. The number of rotatable bonds is 7. The Balaban J connectivity index is 5.81. The monoisotopic (exact) mass is 258 g/mol. The lowest BCUT2D eigenvalue weighted by molar-refractivity contribution is -0.171. The van der Waals surface area contributed by atoms with E-state index in [2.05, 4.69) is 0 Å². The largest absolute Gasteiger partial charge is 0.481 e. The molecule has 0 spiro atoms. The predicted molar refractivity (Wildman–Crippen MR) is 70.3 cm³/mol. The highest BCUT2D eigenvalue weighted by Crippen LogP contribution is 2.45. The van der Waals surface area contributed by atoms with E-state index in [0.29, 0.717) is 6.42 Å². The molecule has 0 saturated carbocycles. The Hall–Kier alpha value is -1.06. The van der Waals surface area contributed by atoms with Crippen LogP contribution >= 0.6 is 0 Å². The molecule has 0 aromatic heterocycles. The van der Waals surface area contributed by atoms with Gasteiger partial charge < -0.3 is 10.2 Å². The molecule has 0 fully saturated rings. The van der Waals surface area contributed by atoms with E-state index in [1.165, 1.54) is 0 Å². The van der Waals surface area contributed by atoms with Crippen molar-refractivity contribution in [3.05, 3.63) is 0 Å². The van der Waals surface area contributed by atoms with Gasteiger partial charge in [0.15, 0.2) is 0 Å². The Morgan fingerprint density at radius 1 is 1.00 bits per heavy atom. The van der Waals surface area contributed by atoms with Crippen molar-refractivity contribution >= 4 is 11.9 Å². The second-order valence-corrected chi connectivity index (χ2v) is 6.16. The van der Waals surface area contributed by atoms with Gasteiger partial charge >= 0.3 is 11.9 Å². The first-order chi connectivity index (χ1) is 8.07. The predicted octanol–water partition coefficient (Wildman–Crippen LogP) is 3.12. The highest BCUT2D eigenvalue weighted by Gasteiger charge is 2.53. The fraction of sp³-hybridized carbons (Fsp3) is 0.857. The van der Waals surface area contributed by atoms with Gasteiger partial charge in [-0.15, -0.1) is 0 Å². The van der Waals surface area contributed by atoms with Crippen LogP contribution in [0.3, 0.4) is 0 Å². The molecule has 2 unspecified atom stereocenters. The maximum absolute atomic E-state index is 11.8. The van der Waals surface area contributed by atoms with Crippen LogP contribution in [0, 0.1) is 29.1 Å². The van der Waals surface area contributed by atoms with Crippen molar-refractivity contribution < 1.29 is 19.8 Å². The van der Waals surface area contributed by atoms with Gasteiger partial charge in [0.25, 0.3) is 0 Å². The smallest absolute Gasteiger partial charge is 0.310 e. The molecule has 0 aliphatic rings.